The van der Waals surface area contributed by atoms with E-state index in [1.165, 1.54) is 0 Å². The molecule has 0 aliphatic rings. The Hall–Kier alpha value is -2.37. The molecule has 2 amide bonds. The van der Waals surface area contributed by atoms with Crippen molar-refractivity contribution in [2.24, 2.45) is 0 Å². The van der Waals surface area contributed by atoms with Gasteiger partial charge in [-0.2, -0.15) is 0 Å². The SMILES string of the molecule is CNC(=O)NCc1ccccc1-n1c(C)nnc1C. The molecule has 0 aliphatic heterocycles. The minimum atomic E-state index is -0.202. The summed E-state index contributed by atoms with van der Waals surface area (Å²) in [5.41, 5.74) is 2.00. The second-order valence-corrected chi connectivity index (χ2v) is 4.19. The summed E-state index contributed by atoms with van der Waals surface area (Å²) >= 11 is 0. The van der Waals surface area contributed by atoms with Crippen molar-refractivity contribution in [1.82, 2.24) is 25.4 Å². The van der Waals surface area contributed by atoms with Crippen molar-refractivity contribution >= 4 is 6.03 Å². The van der Waals surface area contributed by atoms with Crippen LogP contribution in [0.5, 0.6) is 0 Å². The van der Waals surface area contributed by atoms with Gasteiger partial charge in [0.2, 0.25) is 0 Å². The predicted octanol–water partition coefficient (Wildman–Crippen LogP) is 1.31. The van der Waals surface area contributed by atoms with Crippen LogP contribution in [0.3, 0.4) is 0 Å². The highest BCUT2D eigenvalue weighted by atomic mass is 16.2. The molecule has 0 aliphatic carbocycles. The van der Waals surface area contributed by atoms with Gasteiger partial charge in [0, 0.05) is 13.6 Å². The average molecular weight is 259 g/mol. The van der Waals surface area contributed by atoms with Crippen molar-refractivity contribution in [3.05, 3.63) is 41.5 Å². The topological polar surface area (TPSA) is 71.8 Å². The van der Waals surface area contributed by atoms with Crippen LogP contribution in [0, 0.1) is 13.8 Å². The number of carbonyl (C=O) groups excluding carboxylic acids is 1. The van der Waals surface area contributed by atoms with Gasteiger partial charge in [0.1, 0.15) is 11.6 Å². The van der Waals surface area contributed by atoms with Gasteiger partial charge in [0.15, 0.2) is 0 Å². The number of nitrogens with zero attached hydrogens (tertiary/aromatic N) is 3. The molecule has 0 radical (unpaired) electrons. The molecule has 1 aromatic heterocycles. The maximum atomic E-state index is 11.3. The summed E-state index contributed by atoms with van der Waals surface area (Å²) < 4.78 is 1.97. The third-order valence-corrected chi connectivity index (χ3v) is 2.89. The lowest BCUT2D eigenvalue weighted by molar-refractivity contribution is 0.242. The number of urea groups is 1. The number of benzene rings is 1. The molecule has 2 rings (SSSR count). The lowest BCUT2D eigenvalue weighted by Gasteiger charge is -2.13. The van der Waals surface area contributed by atoms with Crippen LogP contribution in [-0.2, 0) is 6.54 Å². The molecule has 0 spiro atoms. The lowest BCUT2D eigenvalue weighted by atomic mass is 10.1. The Balaban J connectivity index is 2.34. The molecular formula is C13H17N5O. The number of nitrogens with one attached hydrogen (secondary N) is 2. The monoisotopic (exact) mass is 259 g/mol. The number of para-hydroxylation sites is 1. The third kappa shape index (κ3) is 2.73. The molecule has 19 heavy (non-hydrogen) atoms. The Kier molecular flexibility index (Phi) is 3.79. The van der Waals surface area contributed by atoms with Crippen LogP contribution >= 0.6 is 0 Å². The Morgan fingerprint density at radius 3 is 2.47 bits per heavy atom. The van der Waals surface area contributed by atoms with Crippen molar-refractivity contribution in [3.63, 3.8) is 0 Å². The van der Waals surface area contributed by atoms with Crippen LogP contribution < -0.4 is 10.6 Å². The molecule has 100 valence electrons. The minimum Gasteiger partial charge on any atom is -0.341 e. The molecule has 2 aromatic rings. The Morgan fingerprint density at radius 2 is 1.84 bits per heavy atom. The summed E-state index contributed by atoms with van der Waals surface area (Å²) in [5.74, 6) is 1.65. The van der Waals surface area contributed by atoms with Gasteiger partial charge in [-0.15, -0.1) is 10.2 Å². The first-order chi connectivity index (χ1) is 9.13. The van der Waals surface area contributed by atoms with E-state index in [1.807, 2.05) is 42.7 Å². The summed E-state index contributed by atoms with van der Waals surface area (Å²) in [4.78, 5) is 11.3. The Morgan fingerprint density at radius 1 is 1.21 bits per heavy atom. The number of hydrogen-bond donors (Lipinski definition) is 2. The van der Waals surface area contributed by atoms with E-state index in [-0.39, 0.29) is 6.03 Å². The van der Waals surface area contributed by atoms with Crippen molar-refractivity contribution in [2.75, 3.05) is 7.05 Å². The quantitative estimate of drug-likeness (QED) is 0.873. The van der Waals surface area contributed by atoms with Gasteiger partial charge in [0.05, 0.1) is 5.69 Å². The number of rotatable bonds is 3. The third-order valence-electron chi connectivity index (χ3n) is 2.89. The number of carbonyl (C=O) groups is 1. The highest BCUT2D eigenvalue weighted by Gasteiger charge is 2.11. The fourth-order valence-electron chi connectivity index (χ4n) is 1.96. The molecule has 0 saturated heterocycles. The maximum absolute atomic E-state index is 11.3. The average Bonchev–Trinajstić information content (AvgIpc) is 2.76. The van der Waals surface area contributed by atoms with E-state index in [0.717, 1.165) is 22.9 Å². The van der Waals surface area contributed by atoms with Gasteiger partial charge in [0.25, 0.3) is 0 Å². The van der Waals surface area contributed by atoms with Gasteiger partial charge in [-0.05, 0) is 25.5 Å². The summed E-state index contributed by atoms with van der Waals surface area (Å²) in [6.07, 6.45) is 0. The molecule has 0 fully saturated rings. The van der Waals surface area contributed by atoms with Gasteiger partial charge >= 0.3 is 6.03 Å². The summed E-state index contributed by atoms with van der Waals surface area (Å²) in [6, 6.07) is 7.66. The molecule has 1 heterocycles. The normalized spacial score (nSPS) is 10.3. The van der Waals surface area contributed by atoms with E-state index in [0.29, 0.717) is 6.54 Å². The van der Waals surface area contributed by atoms with Crippen LogP contribution in [0.2, 0.25) is 0 Å². The van der Waals surface area contributed by atoms with Crippen LogP contribution in [0.15, 0.2) is 24.3 Å². The van der Waals surface area contributed by atoms with E-state index in [4.69, 9.17) is 0 Å². The Labute approximate surface area is 111 Å². The molecule has 6 heteroatoms. The van der Waals surface area contributed by atoms with Crippen LogP contribution in [0.4, 0.5) is 4.79 Å². The first-order valence-electron chi connectivity index (χ1n) is 6.06. The molecule has 0 atom stereocenters. The van der Waals surface area contributed by atoms with Crippen LogP contribution in [0.1, 0.15) is 17.2 Å². The van der Waals surface area contributed by atoms with Crippen molar-refractivity contribution in [1.29, 1.82) is 0 Å². The Bertz CT molecular complexity index is 571. The molecule has 0 saturated carbocycles. The minimum absolute atomic E-state index is 0.202. The highest BCUT2D eigenvalue weighted by molar-refractivity contribution is 5.73. The number of amides is 2. The van der Waals surface area contributed by atoms with Crippen molar-refractivity contribution in [3.8, 4) is 5.69 Å². The number of hydrogen-bond acceptors (Lipinski definition) is 3. The molecule has 2 N–H and O–H groups in total. The molecule has 6 nitrogen and oxygen atoms in total. The van der Waals surface area contributed by atoms with Crippen LogP contribution in [0.25, 0.3) is 5.69 Å². The van der Waals surface area contributed by atoms with Gasteiger partial charge in [-0.1, -0.05) is 18.2 Å². The van der Waals surface area contributed by atoms with E-state index in [1.54, 1.807) is 7.05 Å². The second kappa shape index (κ2) is 5.51. The summed E-state index contributed by atoms with van der Waals surface area (Å²) in [6.45, 7) is 4.26. The van der Waals surface area contributed by atoms with Gasteiger partial charge < -0.3 is 10.6 Å². The smallest absolute Gasteiger partial charge is 0.314 e. The largest absolute Gasteiger partial charge is 0.341 e. The van der Waals surface area contributed by atoms with E-state index >= 15 is 0 Å². The fraction of sp³-hybridized carbons (Fsp3) is 0.308. The standard InChI is InChI=1S/C13H17N5O/c1-9-16-17-10(2)18(9)12-7-5-4-6-11(12)8-15-13(19)14-3/h4-7H,8H2,1-3H3,(H2,14,15,19). The van der Waals surface area contributed by atoms with Crippen molar-refractivity contribution < 1.29 is 4.79 Å². The molecular weight excluding hydrogens is 242 g/mol. The first kappa shape index (κ1) is 13.1. The molecule has 0 unspecified atom stereocenters. The van der Waals surface area contributed by atoms with Gasteiger partial charge in [-0.3, -0.25) is 4.57 Å². The molecule has 1 aromatic carbocycles. The summed E-state index contributed by atoms with van der Waals surface area (Å²) in [5, 5.41) is 13.4. The zero-order chi connectivity index (χ0) is 13.8. The van der Waals surface area contributed by atoms with Crippen LogP contribution in [-0.4, -0.2) is 27.8 Å². The van der Waals surface area contributed by atoms with Gasteiger partial charge in [-0.25, -0.2) is 4.79 Å². The number of aryl methyl sites for hydroxylation is 2. The molecule has 0 bridgehead atoms. The maximum Gasteiger partial charge on any atom is 0.314 e. The van der Waals surface area contributed by atoms with Crippen molar-refractivity contribution in [2.45, 2.75) is 20.4 Å². The summed E-state index contributed by atoms with van der Waals surface area (Å²) in [7, 11) is 1.59. The zero-order valence-corrected chi connectivity index (χ0v) is 11.3. The lowest BCUT2D eigenvalue weighted by Crippen LogP contribution is -2.32. The number of aromatic nitrogens is 3. The fourth-order valence-corrected chi connectivity index (χ4v) is 1.96. The van der Waals surface area contributed by atoms with E-state index < -0.39 is 0 Å². The predicted molar refractivity (Wildman–Crippen MR) is 72.1 cm³/mol. The first-order valence-corrected chi connectivity index (χ1v) is 6.06. The van der Waals surface area contributed by atoms with E-state index in [2.05, 4.69) is 20.8 Å². The van der Waals surface area contributed by atoms with E-state index in [9.17, 15) is 4.79 Å². The highest BCUT2D eigenvalue weighted by Crippen LogP contribution is 2.17. The second-order valence-electron chi connectivity index (χ2n) is 4.19. The zero-order valence-electron chi connectivity index (χ0n) is 11.3.